The fourth-order valence-electron chi connectivity index (χ4n) is 1.51. The highest BCUT2D eigenvalue weighted by atomic mass is 124. The Morgan fingerprint density at radius 3 is 2.71 bits per heavy atom. The summed E-state index contributed by atoms with van der Waals surface area (Å²) in [5.41, 5.74) is 0.622. The Bertz CT molecular complexity index is 367. The van der Waals surface area contributed by atoms with E-state index in [1.54, 1.807) is 12.4 Å². The first-order valence-electron chi connectivity index (χ1n) is 5.78. The van der Waals surface area contributed by atoms with Gasteiger partial charge in [0.1, 0.15) is 0 Å². The second-order valence-electron chi connectivity index (χ2n) is 3.67. The molecule has 5 heteroatoms. The van der Waals surface area contributed by atoms with Gasteiger partial charge in [0, 0.05) is 29.1 Å². The SMILES string of the molecule is CCN(CC)CCNC(=O)c1cncc([124I])c1. The molecule has 0 aliphatic rings. The van der Waals surface area contributed by atoms with Gasteiger partial charge in [0.2, 0.25) is 0 Å². The number of aromatic nitrogens is 1. The number of halogens is 1. The van der Waals surface area contributed by atoms with Crippen LogP contribution in [0.4, 0.5) is 0 Å². The van der Waals surface area contributed by atoms with Crippen molar-refractivity contribution < 1.29 is 4.79 Å². The smallest absolute Gasteiger partial charge is 0.252 e. The monoisotopic (exact) mass is 344 g/mol. The van der Waals surface area contributed by atoms with Crippen molar-refractivity contribution in [3.63, 3.8) is 0 Å². The van der Waals surface area contributed by atoms with E-state index in [9.17, 15) is 4.79 Å². The van der Waals surface area contributed by atoms with Crippen molar-refractivity contribution in [1.29, 1.82) is 0 Å². The molecule has 0 unspecified atom stereocenters. The molecule has 0 saturated heterocycles. The molecule has 17 heavy (non-hydrogen) atoms. The van der Waals surface area contributed by atoms with E-state index < -0.39 is 0 Å². The van der Waals surface area contributed by atoms with Gasteiger partial charge >= 0.3 is 0 Å². The summed E-state index contributed by atoms with van der Waals surface area (Å²) in [5, 5.41) is 2.90. The maximum absolute atomic E-state index is 11.8. The number of rotatable bonds is 6. The Balaban J connectivity index is 2.40. The van der Waals surface area contributed by atoms with E-state index in [1.165, 1.54) is 0 Å². The number of pyridine rings is 1. The van der Waals surface area contributed by atoms with Gasteiger partial charge in [-0.2, -0.15) is 0 Å². The van der Waals surface area contributed by atoms with Crippen LogP contribution >= 0.6 is 22.6 Å². The lowest BCUT2D eigenvalue weighted by atomic mass is 10.3. The standard InChI is InChI=1S/C12H18IN3O/c1-3-16(4-2)6-5-15-12(17)10-7-11(13)9-14-8-10/h7-9H,3-6H2,1-2H3,(H,15,17)/i13-3. The summed E-state index contributed by atoms with van der Waals surface area (Å²) in [4.78, 5) is 18.1. The molecule has 1 aromatic heterocycles. The first-order valence-corrected chi connectivity index (χ1v) is 6.86. The molecule has 1 aromatic rings. The molecule has 0 saturated carbocycles. The van der Waals surface area contributed by atoms with Crippen LogP contribution in [0.1, 0.15) is 24.2 Å². The average molecular weight is 344 g/mol. The van der Waals surface area contributed by atoms with Crippen molar-refractivity contribution in [2.45, 2.75) is 13.8 Å². The Morgan fingerprint density at radius 1 is 1.41 bits per heavy atom. The number of nitrogens with one attached hydrogen (secondary N) is 1. The van der Waals surface area contributed by atoms with Crippen molar-refractivity contribution >= 4 is 28.5 Å². The lowest BCUT2D eigenvalue weighted by Crippen LogP contribution is -2.34. The van der Waals surface area contributed by atoms with E-state index >= 15 is 0 Å². The number of carbonyl (C=O) groups is 1. The number of carbonyl (C=O) groups excluding carboxylic acids is 1. The van der Waals surface area contributed by atoms with Crippen molar-refractivity contribution in [1.82, 2.24) is 15.2 Å². The van der Waals surface area contributed by atoms with Crippen molar-refractivity contribution in [3.8, 4) is 0 Å². The predicted octanol–water partition coefficient (Wildman–Crippen LogP) is 1.76. The minimum absolute atomic E-state index is 0.0526. The van der Waals surface area contributed by atoms with Gasteiger partial charge in [-0.3, -0.25) is 9.78 Å². The molecule has 0 fully saturated rings. The number of amides is 1. The van der Waals surface area contributed by atoms with Gasteiger partial charge in [0.25, 0.3) is 5.91 Å². The first kappa shape index (κ1) is 14.4. The van der Waals surface area contributed by atoms with E-state index in [0.29, 0.717) is 12.1 Å². The topological polar surface area (TPSA) is 45.2 Å². The summed E-state index contributed by atoms with van der Waals surface area (Å²) in [7, 11) is 0. The highest BCUT2D eigenvalue weighted by molar-refractivity contribution is 14.1. The van der Waals surface area contributed by atoms with E-state index in [1.807, 2.05) is 6.07 Å². The van der Waals surface area contributed by atoms with E-state index in [0.717, 1.165) is 23.2 Å². The lowest BCUT2D eigenvalue weighted by Gasteiger charge is -2.17. The molecule has 0 radical (unpaired) electrons. The van der Waals surface area contributed by atoms with Gasteiger partial charge in [-0.1, -0.05) is 13.8 Å². The van der Waals surface area contributed by atoms with Crippen LogP contribution in [-0.2, 0) is 0 Å². The summed E-state index contributed by atoms with van der Waals surface area (Å²) in [5.74, 6) is -0.0526. The Hall–Kier alpha value is -0.690. The zero-order valence-electron chi connectivity index (χ0n) is 10.2. The zero-order valence-corrected chi connectivity index (χ0v) is 12.4. The van der Waals surface area contributed by atoms with Gasteiger partial charge in [-0.15, -0.1) is 0 Å². The van der Waals surface area contributed by atoms with Crippen molar-refractivity contribution in [3.05, 3.63) is 27.6 Å². The number of hydrogen-bond acceptors (Lipinski definition) is 3. The summed E-state index contributed by atoms with van der Waals surface area (Å²) in [6.45, 7) is 7.82. The van der Waals surface area contributed by atoms with Crippen LogP contribution in [-0.4, -0.2) is 42.0 Å². The minimum Gasteiger partial charge on any atom is -0.351 e. The van der Waals surface area contributed by atoms with Crippen molar-refractivity contribution in [2.75, 3.05) is 26.2 Å². The van der Waals surface area contributed by atoms with Gasteiger partial charge in [-0.05, 0) is 41.7 Å². The zero-order chi connectivity index (χ0) is 12.7. The quantitative estimate of drug-likeness (QED) is 0.800. The fraction of sp³-hybridized carbons (Fsp3) is 0.500. The second-order valence-corrected chi connectivity index (χ2v) is 4.92. The summed E-state index contributed by atoms with van der Waals surface area (Å²) in [6.07, 6.45) is 3.32. The average Bonchev–Trinajstić information content (AvgIpc) is 2.34. The number of nitrogens with zero attached hydrogens (tertiary/aromatic N) is 2. The third kappa shape index (κ3) is 4.99. The molecule has 1 N–H and O–H groups in total. The fourth-order valence-corrected chi connectivity index (χ4v) is 2.00. The van der Waals surface area contributed by atoms with Crippen LogP contribution in [0, 0.1) is 3.57 Å². The predicted molar refractivity (Wildman–Crippen MR) is 77.1 cm³/mol. The van der Waals surface area contributed by atoms with Crippen LogP contribution in [0.15, 0.2) is 18.5 Å². The molecule has 94 valence electrons. The largest absolute Gasteiger partial charge is 0.351 e. The van der Waals surface area contributed by atoms with Crippen LogP contribution < -0.4 is 5.32 Å². The van der Waals surface area contributed by atoms with Crippen LogP contribution in [0.2, 0.25) is 0 Å². The molecule has 1 rings (SSSR count). The minimum atomic E-state index is -0.0526. The molecular weight excluding hydrogens is 326 g/mol. The molecule has 0 aromatic carbocycles. The van der Waals surface area contributed by atoms with Gasteiger partial charge in [0.05, 0.1) is 5.56 Å². The first-order chi connectivity index (χ1) is 8.17. The molecular formula is C12H18IN3O. The molecule has 0 aliphatic carbocycles. The summed E-state index contributed by atoms with van der Waals surface area (Å²) in [6, 6.07) is 1.83. The summed E-state index contributed by atoms with van der Waals surface area (Å²) >= 11 is 2.15. The van der Waals surface area contributed by atoms with Gasteiger partial charge in [0.15, 0.2) is 0 Å². The highest BCUT2D eigenvalue weighted by Crippen LogP contribution is 2.05. The lowest BCUT2D eigenvalue weighted by molar-refractivity contribution is 0.0948. The highest BCUT2D eigenvalue weighted by Gasteiger charge is 2.06. The Labute approximate surface area is 116 Å². The van der Waals surface area contributed by atoms with Crippen LogP contribution in [0.5, 0.6) is 0 Å². The molecule has 4 nitrogen and oxygen atoms in total. The Kier molecular flexibility index (Phi) is 6.43. The summed E-state index contributed by atoms with van der Waals surface area (Å²) < 4.78 is 0.971. The third-order valence-corrected chi connectivity index (χ3v) is 3.17. The van der Waals surface area contributed by atoms with E-state index in [2.05, 4.69) is 51.6 Å². The normalized spacial score (nSPS) is 10.6. The second kappa shape index (κ2) is 7.60. The number of hydrogen-bond donors (Lipinski definition) is 1. The molecule has 0 atom stereocenters. The Morgan fingerprint density at radius 2 is 2.12 bits per heavy atom. The molecule has 1 heterocycles. The van der Waals surface area contributed by atoms with E-state index in [4.69, 9.17) is 0 Å². The van der Waals surface area contributed by atoms with Crippen LogP contribution in [0.25, 0.3) is 0 Å². The molecule has 0 aliphatic heterocycles. The maximum Gasteiger partial charge on any atom is 0.252 e. The van der Waals surface area contributed by atoms with Crippen LogP contribution in [0.3, 0.4) is 0 Å². The maximum atomic E-state index is 11.8. The molecule has 0 bridgehead atoms. The number of likely N-dealkylation sites (N-methyl/N-ethyl adjacent to an activating group) is 1. The third-order valence-electron chi connectivity index (χ3n) is 2.58. The van der Waals surface area contributed by atoms with Crippen molar-refractivity contribution in [2.24, 2.45) is 0 Å². The molecule has 0 spiro atoms. The molecule has 1 amide bonds. The van der Waals surface area contributed by atoms with E-state index in [-0.39, 0.29) is 5.91 Å². The van der Waals surface area contributed by atoms with Gasteiger partial charge in [-0.25, -0.2) is 0 Å². The van der Waals surface area contributed by atoms with Gasteiger partial charge < -0.3 is 10.2 Å².